The molecule has 1 heterocycles. The number of aryl methyl sites for hydroxylation is 3. The molecule has 0 spiro atoms. The van der Waals surface area contributed by atoms with Crippen molar-refractivity contribution in [3.8, 4) is 5.75 Å². The molecule has 2 aromatic carbocycles. The van der Waals surface area contributed by atoms with Crippen LogP contribution in [0, 0.1) is 13.8 Å². The van der Waals surface area contributed by atoms with Gasteiger partial charge in [-0.05, 0) is 55.2 Å². The summed E-state index contributed by atoms with van der Waals surface area (Å²) in [6, 6.07) is 10.5. The smallest absolute Gasteiger partial charge is 0.271 e. The third-order valence-electron chi connectivity index (χ3n) is 4.21. The lowest BCUT2D eigenvalue weighted by molar-refractivity contribution is -0.117. The molecule has 0 aromatic heterocycles. The van der Waals surface area contributed by atoms with Crippen LogP contribution in [-0.2, 0) is 21.2 Å². The maximum atomic E-state index is 13.3. The number of hydrogen-bond donors (Lipinski definition) is 0. The lowest BCUT2D eigenvalue weighted by atomic mass is 10.0. The van der Waals surface area contributed by atoms with E-state index in [2.05, 4.69) is 0 Å². The van der Waals surface area contributed by atoms with E-state index >= 15 is 0 Å². The molecule has 0 fully saturated rings. The molecule has 0 radical (unpaired) electrons. The second-order valence-corrected chi connectivity index (χ2v) is 7.61. The van der Waals surface area contributed by atoms with Gasteiger partial charge in [-0.2, -0.15) is 0 Å². The summed E-state index contributed by atoms with van der Waals surface area (Å²) in [5.41, 5.74) is 2.43. The molecule has 1 amide bonds. The average Bonchev–Trinajstić information content (AvgIpc) is 2.53. The lowest BCUT2D eigenvalue weighted by Crippen LogP contribution is -2.40. The van der Waals surface area contributed by atoms with Crippen molar-refractivity contribution in [3.63, 3.8) is 0 Å². The van der Waals surface area contributed by atoms with E-state index in [1.54, 1.807) is 38.1 Å². The van der Waals surface area contributed by atoms with Gasteiger partial charge in [0.15, 0.2) is 0 Å². The summed E-state index contributed by atoms with van der Waals surface area (Å²) in [5.74, 6) is 0.192. The topological polar surface area (TPSA) is 63.7 Å². The fourth-order valence-corrected chi connectivity index (χ4v) is 5.10. The number of sulfonamides is 1. The summed E-state index contributed by atoms with van der Waals surface area (Å²) in [6.07, 6.45) is 0.742. The van der Waals surface area contributed by atoms with Crippen molar-refractivity contribution in [1.29, 1.82) is 0 Å². The van der Waals surface area contributed by atoms with Crippen molar-refractivity contribution >= 4 is 21.6 Å². The molecule has 24 heavy (non-hydrogen) atoms. The Morgan fingerprint density at radius 1 is 1.04 bits per heavy atom. The van der Waals surface area contributed by atoms with Crippen LogP contribution >= 0.6 is 0 Å². The van der Waals surface area contributed by atoms with E-state index in [9.17, 15) is 13.2 Å². The van der Waals surface area contributed by atoms with E-state index in [0.717, 1.165) is 9.87 Å². The normalized spacial score (nSPS) is 14.5. The first-order chi connectivity index (χ1) is 11.4. The lowest BCUT2D eigenvalue weighted by Gasteiger charge is -2.29. The number of carbonyl (C=O) groups excluding carboxylic acids is 1. The van der Waals surface area contributed by atoms with Gasteiger partial charge in [0.05, 0.1) is 17.7 Å². The van der Waals surface area contributed by atoms with Crippen LogP contribution in [0.2, 0.25) is 0 Å². The minimum absolute atomic E-state index is 0.161. The summed E-state index contributed by atoms with van der Waals surface area (Å²) >= 11 is 0. The third-order valence-corrected chi connectivity index (χ3v) is 6.25. The molecule has 3 rings (SSSR count). The first-order valence-electron chi connectivity index (χ1n) is 7.67. The van der Waals surface area contributed by atoms with E-state index in [1.165, 1.54) is 7.11 Å². The number of ether oxygens (including phenoxy) is 1. The zero-order valence-corrected chi connectivity index (χ0v) is 14.7. The number of nitrogens with zero attached hydrogens (tertiary/aromatic N) is 1. The first kappa shape index (κ1) is 16.5. The van der Waals surface area contributed by atoms with Gasteiger partial charge < -0.3 is 4.74 Å². The fraction of sp³-hybridized carbons (Fsp3) is 0.278. The maximum absolute atomic E-state index is 13.3. The molecule has 6 heteroatoms. The molecule has 0 atom stereocenters. The van der Waals surface area contributed by atoms with Crippen LogP contribution in [0.4, 0.5) is 5.69 Å². The standard InChI is InChI=1S/C18H19NO4S/c1-12-10-15(23-3)11-13(2)18(12)24(21,22)19-16-7-5-4-6-14(16)8-9-17(19)20/h4-7,10-11H,8-9H2,1-3H3. The number of methoxy groups -OCH3 is 1. The highest BCUT2D eigenvalue weighted by molar-refractivity contribution is 7.93. The minimum Gasteiger partial charge on any atom is -0.497 e. The molecule has 5 nitrogen and oxygen atoms in total. The van der Waals surface area contributed by atoms with Crippen LogP contribution < -0.4 is 9.04 Å². The third kappa shape index (κ3) is 2.57. The van der Waals surface area contributed by atoms with Gasteiger partial charge in [0.2, 0.25) is 5.91 Å². The van der Waals surface area contributed by atoms with Gasteiger partial charge >= 0.3 is 0 Å². The number of anilines is 1. The van der Waals surface area contributed by atoms with Gasteiger partial charge in [-0.25, -0.2) is 12.7 Å². The SMILES string of the molecule is COc1cc(C)c(S(=O)(=O)N2C(=O)CCc3ccccc32)c(C)c1. The highest BCUT2D eigenvalue weighted by atomic mass is 32.2. The predicted molar refractivity (Wildman–Crippen MR) is 91.9 cm³/mol. The Labute approximate surface area is 141 Å². The Balaban J connectivity index is 2.21. The number of benzene rings is 2. The molecule has 1 aliphatic rings. The van der Waals surface area contributed by atoms with E-state index in [-0.39, 0.29) is 11.3 Å². The molecule has 0 bridgehead atoms. The van der Waals surface area contributed by atoms with Gasteiger partial charge in [0.1, 0.15) is 5.75 Å². The minimum atomic E-state index is -3.98. The molecule has 2 aromatic rings. The predicted octanol–water partition coefficient (Wildman–Crippen LogP) is 2.98. The second-order valence-electron chi connectivity index (χ2n) is 5.88. The summed E-state index contributed by atoms with van der Waals surface area (Å²) in [6.45, 7) is 3.42. The number of fused-ring (bicyclic) bond motifs is 1. The van der Waals surface area contributed by atoms with Crippen LogP contribution in [0.15, 0.2) is 41.3 Å². The summed E-state index contributed by atoms with van der Waals surface area (Å²) in [7, 11) is -2.45. The van der Waals surface area contributed by atoms with Gasteiger partial charge in [-0.3, -0.25) is 4.79 Å². The van der Waals surface area contributed by atoms with Crippen molar-refractivity contribution in [1.82, 2.24) is 0 Å². The molecule has 126 valence electrons. The highest BCUT2D eigenvalue weighted by Crippen LogP contribution is 2.35. The zero-order chi connectivity index (χ0) is 17.5. The van der Waals surface area contributed by atoms with Crippen molar-refractivity contribution < 1.29 is 17.9 Å². The second kappa shape index (κ2) is 5.94. The fourth-order valence-electron chi connectivity index (χ4n) is 3.19. The van der Waals surface area contributed by atoms with Gasteiger partial charge in [-0.15, -0.1) is 0 Å². The largest absolute Gasteiger partial charge is 0.497 e. The molecule has 0 saturated carbocycles. The highest BCUT2D eigenvalue weighted by Gasteiger charge is 2.36. The van der Waals surface area contributed by atoms with Crippen LogP contribution in [0.5, 0.6) is 5.75 Å². The van der Waals surface area contributed by atoms with Crippen LogP contribution in [0.25, 0.3) is 0 Å². The van der Waals surface area contributed by atoms with Gasteiger partial charge in [-0.1, -0.05) is 18.2 Å². The van der Waals surface area contributed by atoms with Crippen LogP contribution in [0.3, 0.4) is 0 Å². The molecular weight excluding hydrogens is 326 g/mol. The molecular formula is C18H19NO4S. The van der Waals surface area contributed by atoms with E-state index in [4.69, 9.17) is 4.74 Å². The van der Waals surface area contributed by atoms with Crippen molar-refractivity contribution in [3.05, 3.63) is 53.1 Å². The van der Waals surface area contributed by atoms with E-state index in [1.807, 2.05) is 12.1 Å². The molecule has 1 aliphatic heterocycles. The Hall–Kier alpha value is -2.34. The number of rotatable bonds is 3. The number of hydrogen-bond acceptors (Lipinski definition) is 4. The van der Waals surface area contributed by atoms with Crippen molar-refractivity contribution in [2.24, 2.45) is 0 Å². The maximum Gasteiger partial charge on any atom is 0.271 e. The van der Waals surface area contributed by atoms with Gasteiger partial charge in [0.25, 0.3) is 10.0 Å². The molecule has 0 aliphatic carbocycles. The Morgan fingerprint density at radius 2 is 1.67 bits per heavy atom. The van der Waals surface area contributed by atoms with Crippen LogP contribution in [0.1, 0.15) is 23.1 Å². The monoisotopic (exact) mass is 345 g/mol. The number of para-hydroxylation sites is 1. The molecule has 0 N–H and O–H groups in total. The Morgan fingerprint density at radius 3 is 2.29 bits per heavy atom. The summed E-state index contributed by atoms with van der Waals surface area (Å²) in [4.78, 5) is 12.6. The molecule has 0 saturated heterocycles. The summed E-state index contributed by atoms with van der Waals surface area (Å²) < 4.78 is 32.7. The average molecular weight is 345 g/mol. The number of amides is 1. The van der Waals surface area contributed by atoms with Gasteiger partial charge in [0, 0.05) is 6.42 Å². The Kier molecular flexibility index (Phi) is 4.09. The Bertz CT molecular complexity index is 895. The number of carbonyl (C=O) groups is 1. The van der Waals surface area contributed by atoms with E-state index in [0.29, 0.717) is 29.0 Å². The summed E-state index contributed by atoms with van der Waals surface area (Å²) in [5, 5.41) is 0. The van der Waals surface area contributed by atoms with Crippen molar-refractivity contribution in [2.45, 2.75) is 31.6 Å². The zero-order valence-electron chi connectivity index (χ0n) is 13.9. The quantitative estimate of drug-likeness (QED) is 0.858. The first-order valence-corrected chi connectivity index (χ1v) is 9.11. The van der Waals surface area contributed by atoms with Crippen molar-refractivity contribution in [2.75, 3.05) is 11.4 Å². The molecule has 0 unspecified atom stereocenters. The van der Waals surface area contributed by atoms with E-state index < -0.39 is 15.9 Å². The van der Waals surface area contributed by atoms with Crippen LogP contribution in [-0.4, -0.2) is 21.4 Å².